The van der Waals surface area contributed by atoms with Crippen molar-refractivity contribution in [2.75, 3.05) is 0 Å². The molecule has 2 aromatic rings. The summed E-state index contributed by atoms with van der Waals surface area (Å²) in [4.78, 5) is 29.6. The van der Waals surface area contributed by atoms with E-state index in [2.05, 4.69) is 15.5 Å². The van der Waals surface area contributed by atoms with Gasteiger partial charge in [-0.05, 0) is 31.5 Å². The Kier molecular flexibility index (Phi) is 3.16. The average Bonchev–Trinajstić information content (AvgIpc) is 2.97. The number of imide groups is 1. The molecular formula is C14H13FN4O3. The number of hydrogen-bond acceptors (Lipinski definition) is 5. The van der Waals surface area contributed by atoms with Crippen LogP contribution >= 0.6 is 0 Å². The largest absolute Gasteiger partial charge is 0.337 e. The number of halogens is 1. The number of carbonyl (C=O) groups excluding carboxylic acids is 2. The quantitative estimate of drug-likeness (QED) is 0.868. The Morgan fingerprint density at radius 2 is 2.00 bits per heavy atom. The topological polar surface area (TPSA) is 88.3 Å². The van der Waals surface area contributed by atoms with E-state index < -0.39 is 23.3 Å². The van der Waals surface area contributed by atoms with Crippen molar-refractivity contribution in [2.24, 2.45) is 0 Å². The van der Waals surface area contributed by atoms with Gasteiger partial charge in [0, 0.05) is 0 Å². The summed E-state index contributed by atoms with van der Waals surface area (Å²) in [6.07, 6.45) is 0. The first-order valence-corrected chi connectivity index (χ1v) is 6.59. The predicted octanol–water partition coefficient (Wildman–Crippen LogP) is 1.48. The Hall–Kier alpha value is -2.77. The molecule has 1 N–H and O–H groups in total. The lowest BCUT2D eigenvalue weighted by molar-refractivity contribution is -0.131. The highest BCUT2D eigenvalue weighted by Gasteiger charge is 2.49. The molecule has 0 saturated carbocycles. The van der Waals surface area contributed by atoms with Crippen LogP contribution in [0.5, 0.6) is 0 Å². The van der Waals surface area contributed by atoms with Crippen LogP contribution in [0.15, 0.2) is 28.8 Å². The minimum Gasteiger partial charge on any atom is -0.337 e. The van der Waals surface area contributed by atoms with Gasteiger partial charge in [-0.25, -0.2) is 9.18 Å². The van der Waals surface area contributed by atoms with Gasteiger partial charge in [-0.2, -0.15) is 4.98 Å². The smallest absolute Gasteiger partial charge is 0.325 e. The number of nitrogens with zero attached hydrogens (tertiary/aromatic N) is 3. The fraction of sp³-hybridized carbons (Fsp3) is 0.286. The molecule has 1 aliphatic heterocycles. The standard InChI is InChI=1S/C14H13FN4O3/c1-8-16-11(22-18-8)7-19-12(20)14(2,17-13(19)21)9-3-5-10(15)6-4-9/h3-6H,7H2,1-2H3,(H,17,21)/t14-/m0/s1. The molecule has 8 heteroatoms. The molecule has 1 aromatic heterocycles. The third kappa shape index (κ3) is 2.22. The number of carbonyl (C=O) groups is 2. The molecule has 22 heavy (non-hydrogen) atoms. The van der Waals surface area contributed by atoms with Crippen LogP contribution in [0.2, 0.25) is 0 Å². The lowest BCUT2D eigenvalue weighted by atomic mass is 9.92. The number of hydrogen-bond donors (Lipinski definition) is 1. The molecule has 1 atom stereocenters. The van der Waals surface area contributed by atoms with Gasteiger partial charge in [0.1, 0.15) is 17.9 Å². The molecular weight excluding hydrogens is 291 g/mol. The lowest BCUT2D eigenvalue weighted by Crippen LogP contribution is -2.40. The van der Waals surface area contributed by atoms with Crippen molar-refractivity contribution in [1.29, 1.82) is 0 Å². The lowest BCUT2D eigenvalue weighted by Gasteiger charge is -2.21. The first kappa shape index (κ1) is 14.2. The molecule has 1 aliphatic rings. The number of benzene rings is 1. The SMILES string of the molecule is Cc1noc(CN2C(=O)N[C@@](C)(c3ccc(F)cc3)C2=O)n1. The van der Waals surface area contributed by atoms with E-state index in [4.69, 9.17) is 4.52 Å². The number of urea groups is 1. The first-order valence-electron chi connectivity index (χ1n) is 6.59. The molecule has 0 radical (unpaired) electrons. The zero-order valence-corrected chi connectivity index (χ0v) is 12.0. The van der Waals surface area contributed by atoms with Gasteiger partial charge in [-0.1, -0.05) is 17.3 Å². The van der Waals surface area contributed by atoms with Gasteiger partial charge >= 0.3 is 6.03 Å². The minimum absolute atomic E-state index is 0.109. The molecule has 0 unspecified atom stereocenters. The number of rotatable bonds is 3. The number of amides is 3. The van der Waals surface area contributed by atoms with Crippen LogP contribution < -0.4 is 5.32 Å². The second-order valence-corrected chi connectivity index (χ2v) is 5.19. The van der Waals surface area contributed by atoms with E-state index >= 15 is 0 Å². The maximum absolute atomic E-state index is 13.0. The van der Waals surface area contributed by atoms with E-state index in [0.717, 1.165) is 4.90 Å². The van der Waals surface area contributed by atoms with E-state index in [-0.39, 0.29) is 12.4 Å². The molecule has 0 spiro atoms. The summed E-state index contributed by atoms with van der Waals surface area (Å²) in [5.74, 6) is -0.282. The van der Waals surface area contributed by atoms with Crippen LogP contribution in [0, 0.1) is 12.7 Å². The second-order valence-electron chi connectivity index (χ2n) is 5.19. The average molecular weight is 304 g/mol. The molecule has 1 aromatic carbocycles. The summed E-state index contributed by atoms with van der Waals surface area (Å²) in [6.45, 7) is 3.10. The molecule has 1 saturated heterocycles. The van der Waals surface area contributed by atoms with Crippen LogP contribution in [0.4, 0.5) is 9.18 Å². The van der Waals surface area contributed by atoms with E-state index in [0.29, 0.717) is 11.4 Å². The molecule has 3 amide bonds. The van der Waals surface area contributed by atoms with Gasteiger partial charge in [0.2, 0.25) is 5.89 Å². The summed E-state index contributed by atoms with van der Waals surface area (Å²) < 4.78 is 18.0. The number of aryl methyl sites for hydroxylation is 1. The van der Waals surface area contributed by atoms with Crippen LogP contribution in [0.3, 0.4) is 0 Å². The number of aromatic nitrogens is 2. The molecule has 0 aliphatic carbocycles. The third-order valence-electron chi connectivity index (χ3n) is 3.56. The highest BCUT2D eigenvalue weighted by atomic mass is 19.1. The molecule has 0 bridgehead atoms. The summed E-state index contributed by atoms with van der Waals surface area (Å²) in [6, 6.07) is 4.85. The van der Waals surface area contributed by atoms with E-state index in [9.17, 15) is 14.0 Å². The highest BCUT2D eigenvalue weighted by molar-refractivity contribution is 6.07. The molecule has 3 rings (SSSR count). The maximum atomic E-state index is 13.0. The van der Waals surface area contributed by atoms with Crippen molar-refractivity contribution >= 4 is 11.9 Å². The van der Waals surface area contributed by atoms with Crippen molar-refractivity contribution in [1.82, 2.24) is 20.4 Å². The van der Waals surface area contributed by atoms with Gasteiger partial charge in [0.05, 0.1) is 0 Å². The van der Waals surface area contributed by atoms with E-state index in [1.807, 2.05) is 0 Å². The van der Waals surface area contributed by atoms with Crippen LogP contribution in [-0.4, -0.2) is 27.0 Å². The van der Waals surface area contributed by atoms with Crippen LogP contribution in [-0.2, 0) is 16.9 Å². The second kappa shape index (κ2) is 4.90. The van der Waals surface area contributed by atoms with Crippen molar-refractivity contribution in [3.8, 4) is 0 Å². The zero-order valence-electron chi connectivity index (χ0n) is 12.0. The Morgan fingerprint density at radius 1 is 1.32 bits per heavy atom. The summed E-state index contributed by atoms with van der Waals surface area (Å²) in [5, 5.41) is 6.23. The first-order chi connectivity index (χ1) is 10.4. The highest BCUT2D eigenvalue weighted by Crippen LogP contribution is 2.29. The van der Waals surface area contributed by atoms with Crippen molar-refractivity contribution in [3.63, 3.8) is 0 Å². The molecule has 2 heterocycles. The van der Waals surface area contributed by atoms with Crippen molar-refractivity contribution in [2.45, 2.75) is 25.9 Å². The molecule has 114 valence electrons. The van der Waals surface area contributed by atoms with Gasteiger partial charge in [-0.15, -0.1) is 0 Å². The van der Waals surface area contributed by atoms with Crippen LogP contribution in [0.25, 0.3) is 0 Å². The Labute approximate surface area is 125 Å². The Bertz CT molecular complexity index is 743. The third-order valence-corrected chi connectivity index (χ3v) is 3.56. The Balaban J connectivity index is 1.88. The summed E-state index contributed by atoms with van der Waals surface area (Å²) >= 11 is 0. The van der Waals surface area contributed by atoms with Gasteiger partial charge in [-0.3, -0.25) is 9.69 Å². The maximum Gasteiger partial charge on any atom is 0.325 e. The van der Waals surface area contributed by atoms with Crippen molar-refractivity contribution < 1.29 is 18.5 Å². The molecule has 1 fully saturated rings. The van der Waals surface area contributed by atoms with Crippen LogP contribution in [0.1, 0.15) is 24.2 Å². The van der Waals surface area contributed by atoms with Crippen molar-refractivity contribution in [3.05, 3.63) is 47.4 Å². The molecule has 7 nitrogen and oxygen atoms in total. The number of nitrogens with one attached hydrogen (secondary N) is 1. The normalized spacial score (nSPS) is 21.3. The predicted molar refractivity (Wildman–Crippen MR) is 71.9 cm³/mol. The fourth-order valence-corrected chi connectivity index (χ4v) is 2.36. The monoisotopic (exact) mass is 304 g/mol. The Morgan fingerprint density at radius 3 is 2.59 bits per heavy atom. The van der Waals surface area contributed by atoms with Gasteiger partial charge < -0.3 is 9.84 Å². The van der Waals surface area contributed by atoms with Gasteiger partial charge in [0.25, 0.3) is 5.91 Å². The fourth-order valence-electron chi connectivity index (χ4n) is 2.36. The minimum atomic E-state index is -1.25. The van der Waals surface area contributed by atoms with E-state index in [1.165, 1.54) is 24.3 Å². The van der Waals surface area contributed by atoms with E-state index in [1.54, 1.807) is 13.8 Å². The zero-order chi connectivity index (χ0) is 15.9. The summed E-state index contributed by atoms with van der Waals surface area (Å²) in [7, 11) is 0. The summed E-state index contributed by atoms with van der Waals surface area (Å²) in [5.41, 5.74) is -0.753. The van der Waals surface area contributed by atoms with Gasteiger partial charge in [0.15, 0.2) is 5.82 Å².